The van der Waals surface area contributed by atoms with E-state index in [2.05, 4.69) is 14.6 Å². The third kappa shape index (κ3) is 3.32. The number of hydrogen-bond donors (Lipinski definition) is 0. The van der Waals surface area contributed by atoms with Gasteiger partial charge in [-0.3, -0.25) is 9.20 Å². The fraction of sp³-hybridized carbons (Fsp3) is 0.417. The number of fused-ring (bicyclic) bond motifs is 6. The monoisotopic (exact) mass is 478 g/mol. The average Bonchev–Trinajstić information content (AvgIpc) is 3.51. The van der Waals surface area contributed by atoms with E-state index in [1.54, 1.807) is 12.1 Å². The van der Waals surface area contributed by atoms with Crippen molar-refractivity contribution in [2.75, 3.05) is 19.0 Å². The number of carbonyl (C=O) groups is 1. The number of thiophene rings is 1. The summed E-state index contributed by atoms with van der Waals surface area (Å²) in [5.41, 5.74) is 2.95. The first-order valence-corrected chi connectivity index (χ1v) is 13.3. The van der Waals surface area contributed by atoms with E-state index in [0.29, 0.717) is 36.2 Å². The smallest absolute Gasteiger partial charge is 0.197 e. The van der Waals surface area contributed by atoms with Gasteiger partial charge in [-0.25, -0.2) is 4.98 Å². The molecule has 2 aliphatic carbocycles. The number of ether oxygens (including phenoxy) is 2. The lowest BCUT2D eigenvalue weighted by Crippen LogP contribution is -2.16. The highest BCUT2D eigenvalue weighted by atomic mass is 32.2. The number of aryl methyl sites for hydroxylation is 2. The van der Waals surface area contributed by atoms with Gasteiger partial charge in [-0.1, -0.05) is 11.8 Å². The van der Waals surface area contributed by atoms with Gasteiger partial charge in [0, 0.05) is 16.4 Å². The predicted molar refractivity (Wildman–Crippen MR) is 127 cm³/mol. The Morgan fingerprint density at radius 2 is 1.97 bits per heavy atom. The highest BCUT2D eigenvalue weighted by Gasteiger charge is 2.32. The summed E-state index contributed by atoms with van der Waals surface area (Å²) in [7, 11) is 0. The van der Waals surface area contributed by atoms with E-state index >= 15 is 0 Å². The van der Waals surface area contributed by atoms with Crippen molar-refractivity contribution in [3.8, 4) is 11.5 Å². The van der Waals surface area contributed by atoms with E-state index in [9.17, 15) is 4.79 Å². The van der Waals surface area contributed by atoms with Gasteiger partial charge in [0.05, 0.1) is 11.1 Å². The Labute approximate surface area is 198 Å². The molecule has 3 aliphatic rings. The zero-order valence-corrected chi connectivity index (χ0v) is 19.6. The Balaban J connectivity index is 1.24. The summed E-state index contributed by atoms with van der Waals surface area (Å²) in [4.78, 5) is 20.6. The van der Waals surface area contributed by atoms with Gasteiger partial charge in [0.15, 0.2) is 28.1 Å². The highest BCUT2D eigenvalue weighted by molar-refractivity contribution is 7.99. The molecule has 4 heterocycles. The second kappa shape index (κ2) is 7.70. The van der Waals surface area contributed by atoms with Gasteiger partial charge in [0.25, 0.3) is 0 Å². The number of hydrogen-bond acceptors (Lipinski definition) is 8. The second-order valence-corrected chi connectivity index (χ2v) is 10.9. The maximum Gasteiger partial charge on any atom is 0.197 e. The van der Waals surface area contributed by atoms with Crippen LogP contribution < -0.4 is 9.47 Å². The average molecular weight is 479 g/mol. The van der Waals surface area contributed by atoms with Gasteiger partial charge < -0.3 is 9.47 Å². The van der Waals surface area contributed by atoms with Crippen molar-refractivity contribution in [2.24, 2.45) is 0 Å². The van der Waals surface area contributed by atoms with Crippen LogP contribution in [0.15, 0.2) is 23.4 Å². The van der Waals surface area contributed by atoms with Crippen molar-refractivity contribution in [3.63, 3.8) is 0 Å². The van der Waals surface area contributed by atoms with Crippen LogP contribution in [0.2, 0.25) is 0 Å². The number of ketones is 1. The van der Waals surface area contributed by atoms with Gasteiger partial charge in [-0.2, -0.15) is 0 Å². The molecule has 3 aromatic heterocycles. The molecule has 1 aliphatic heterocycles. The van der Waals surface area contributed by atoms with Crippen molar-refractivity contribution in [3.05, 3.63) is 40.0 Å². The van der Waals surface area contributed by atoms with Crippen LogP contribution in [0.4, 0.5) is 0 Å². The summed E-state index contributed by atoms with van der Waals surface area (Å²) in [5.74, 6) is 3.15. The normalized spacial score (nSPS) is 17.5. The van der Waals surface area contributed by atoms with E-state index in [4.69, 9.17) is 14.5 Å². The highest BCUT2D eigenvalue weighted by Crippen LogP contribution is 2.44. The second-order valence-electron chi connectivity index (χ2n) is 8.85. The van der Waals surface area contributed by atoms with E-state index < -0.39 is 0 Å². The zero-order valence-electron chi connectivity index (χ0n) is 18.0. The Hall–Kier alpha value is -2.65. The Bertz CT molecular complexity index is 1420. The van der Waals surface area contributed by atoms with Gasteiger partial charge in [0.2, 0.25) is 0 Å². The molecule has 0 saturated heterocycles. The molecular weight excluding hydrogens is 456 g/mol. The molecule has 33 heavy (non-hydrogen) atoms. The lowest BCUT2D eigenvalue weighted by molar-refractivity contribution is 0.102. The summed E-state index contributed by atoms with van der Waals surface area (Å²) in [6.45, 7) is 1.04. The van der Waals surface area contributed by atoms with E-state index in [1.807, 2.05) is 17.4 Å². The molecule has 4 aromatic rings. The number of thioether (sulfide) groups is 1. The fourth-order valence-corrected chi connectivity index (χ4v) is 6.89. The topological polar surface area (TPSA) is 78.6 Å². The summed E-state index contributed by atoms with van der Waals surface area (Å²) in [6.07, 6.45) is 7.00. The van der Waals surface area contributed by atoms with Crippen LogP contribution >= 0.6 is 23.1 Å². The van der Waals surface area contributed by atoms with E-state index in [-0.39, 0.29) is 11.5 Å². The van der Waals surface area contributed by atoms with Gasteiger partial charge in [-0.15, -0.1) is 21.5 Å². The first-order chi connectivity index (χ1) is 16.3. The third-order valence-corrected chi connectivity index (χ3v) is 8.71. The molecule has 0 bridgehead atoms. The SMILES string of the molecule is O=C(CSc1nnc2c3c4c(sc3nc(C3CC3)n12)CCCC4)c1ccc2c(c1)OCCO2. The van der Waals surface area contributed by atoms with Gasteiger partial charge in [-0.05, 0) is 62.3 Å². The molecular formula is C24H22N4O3S2. The minimum atomic E-state index is 0.0312. The predicted octanol–water partition coefficient (Wildman–Crippen LogP) is 4.84. The molecule has 0 radical (unpaired) electrons. The van der Waals surface area contributed by atoms with Crippen LogP contribution in [-0.4, -0.2) is 44.3 Å². The van der Waals surface area contributed by atoms with Crippen LogP contribution in [-0.2, 0) is 12.8 Å². The summed E-state index contributed by atoms with van der Waals surface area (Å²) < 4.78 is 13.3. The molecule has 9 heteroatoms. The largest absolute Gasteiger partial charge is 0.486 e. The summed E-state index contributed by atoms with van der Waals surface area (Å²) in [5, 5.41) is 11.1. The lowest BCUT2D eigenvalue weighted by Gasteiger charge is -2.18. The van der Waals surface area contributed by atoms with Crippen molar-refractivity contribution in [1.29, 1.82) is 0 Å². The molecule has 7 rings (SSSR count). The first kappa shape index (κ1) is 19.8. The minimum Gasteiger partial charge on any atom is -0.486 e. The maximum absolute atomic E-state index is 13.0. The van der Waals surface area contributed by atoms with Crippen molar-refractivity contribution < 1.29 is 14.3 Å². The maximum atomic E-state index is 13.0. The van der Waals surface area contributed by atoms with Gasteiger partial charge in [0.1, 0.15) is 23.9 Å². The quantitative estimate of drug-likeness (QED) is 0.300. The van der Waals surface area contributed by atoms with Crippen LogP contribution in [0.25, 0.3) is 15.9 Å². The number of carbonyl (C=O) groups excluding carboxylic acids is 1. The van der Waals surface area contributed by atoms with Gasteiger partial charge >= 0.3 is 0 Å². The van der Waals surface area contributed by atoms with Crippen molar-refractivity contribution in [1.82, 2.24) is 19.6 Å². The molecule has 0 atom stereocenters. The number of nitrogens with zero attached hydrogens (tertiary/aromatic N) is 4. The summed E-state index contributed by atoms with van der Waals surface area (Å²) >= 11 is 3.27. The number of rotatable bonds is 5. The molecule has 1 fully saturated rings. The molecule has 1 saturated carbocycles. The number of aromatic nitrogens is 4. The molecule has 7 nitrogen and oxygen atoms in total. The van der Waals surface area contributed by atoms with Crippen LogP contribution in [0.3, 0.4) is 0 Å². The summed E-state index contributed by atoms with van der Waals surface area (Å²) in [6, 6.07) is 5.39. The standard InChI is InChI=1S/C24H22N4O3S2/c29-16(14-7-8-17-18(11-14)31-10-9-30-17)12-32-24-27-26-22-20-15-3-1-2-4-19(15)33-23(20)25-21(28(22)24)13-5-6-13/h7-8,11,13H,1-6,9-10,12H2. The van der Waals surface area contributed by atoms with Crippen LogP contribution in [0.5, 0.6) is 11.5 Å². The Morgan fingerprint density at radius 1 is 1.12 bits per heavy atom. The number of benzene rings is 1. The lowest BCUT2D eigenvalue weighted by atomic mass is 9.97. The van der Waals surface area contributed by atoms with Crippen LogP contribution in [0.1, 0.15) is 58.2 Å². The number of Topliss-reactive ketones (excluding diaryl/α,β-unsaturated/α-hetero) is 1. The Morgan fingerprint density at radius 3 is 2.85 bits per heavy atom. The Kier molecular flexibility index (Phi) is 4.62. The van der Waals surface area contributed by atoms with E-state index in [0.717, 1.165) is 47.1 Å². The molecule has 168 valence electrons. The molecule has 0 spiro atoms. The third-order valence-electron chi connectivity index (χ3n) is 6.59. The zero-order chi connectivity index (χ0) is 21.9. The fourth-order valence-electron chi connectivity index (χ4n) is 4.79. The molecule has 0 N–H and O–H groups in total. The first-order valence-electron chi connectivity index (χ1n) is 11.5. The molecule has 1 aromatic carbocycles. The van der Waals surface area contributed by atoms with E-state index in [1.165, 1.54) is 40.4 Å². The molecule has 0 unspecified atom stereocenters. The van der Waals surface area contributed by atoms with Crippen molar-refractivity contribution in [2.45, 2.75) is 49.6 Å². The van der Waals surface area contributed by atoms with Crippen LogP contribution in [0, 0.1) is 0 Å². The van der Waals surface area contributed by atoms with Crippen molar-refractivity contribution >= 4 is 44.7 Å². The minimum absolute atomic E-state index is 0.0312. The molecule has 0 amide bonds.